The second-order valence-electron chi connectivity index (χ2n) is 5.71. The topological polar surface area (TPSA) is 20.2 Å². The first-order chi connectivity index (χ1) is 8.43. The molecule has 1 fully saturated rings. The summed E-state index contributed by atoms with van der Waals surface area (Å²) >= 11 is 0. The van der Waals surface area contributed by atoms with Crippen LogP contribution in [0.3, 0.4) is 0 Å². The molecule has 1 aliphatic rings. The van der Waals surface area contributed by atoms with Gasteiger partial charge in [-0.3, -0.25) is 0 Å². The molecule has 1 atom stereocenters. The summed E-state index contributed by atoms with van der Waals surface area (Å²) in [5, 5.41) is 10.6. The van der Waals surface area contributed by atoms with Crippen LogP contribution in [-0.2, 0) is 5.60 Å². The zero-order valence-electron chi connectivity index (χ0n) is 10.9. The minimum absolute atomic E-state index is 0.00463. The van der Waals surface area contributed by atoms with Gasteiger partial charge in [0.2, 0.25) is 0 Å². The lowest BCUT2D eigenvalue weighted by Gasteiger charge is -2.37. The van der Waals surface area contributed by atoms with Crippen LogP contribution in [0.5, 0.6) is 0 Å². The molecule has 1 saturated carbocycles. The van der Waals surface area contributed by atoms with Gasteiger partial charge in [-0.25, -0.2) is 8.78 Å². The quantitative estimate of drug-likeness (QED) is 0.845. The van der Waals surface area contributed by atoms with Gasteiger partial charge < -0.3 is 5.11 Å². The molecule has 0 radical (unpaired) electrons. The number of halogens is 2. The summed E-state index contributed by atoms with van der Waals surface area (Å²) in [4.78, 5) is 0. The van der Waals surface area contributed by atoms with Crippen molar-refractivity contribution < 1.29 is 13.9 Å². The van der Waals surface area contributed by atoms with Gasteiger partial charge in [0.25, 0.3) is 0 Å². The van der Waals surface area contributed by atoms with Crippen LogP contribution in [0.4, 0.5) is 8.78 Å². The second-order valence-corrected chi connectivity index (χ2v) is 5.71. The SMILES string of the molecule is CC1CCC(C(C)(O)c2cccc(F)c2F)CC1. The van der Waals surface area contributed by atoms with Crippen LogP contribution >= 0.6 is 0 Å². The molecule has 1 aromatic carbocycles. The van der Waals surface area contributed by atoms with E-state index < -0.39 is 17.2 Å². The van der Waals surface area contributed by atoms with Crippen LogP contribution in [0.25, 0.3) is 0 Å². The normalized spacial score (nSPS) is 27.8. The maximum Gasteiger partial charge on any atom is 0.164 e. The molecule has 3 heteroatoms. The number of hydrogen-bond donors (Lipinski definition) is 1. The molecule has 100 valence electrons. The predicted molar refractivity (Wildman–Crippen MR) is 67.1 cm³/mol. The molecule has 18 heavy (non-hydrogen) atoms. The predicted octanol–water partition coefficient (Wildman–Crippen LogP) is 4.00. The summed E-state index contributed by atoms with van der Waals surface area (Å²) in [5.41, 5.74) is -1.20. The summed E-state index contributed by atoms with van der Waals surface area (Å²) in [7, 11) is 0. The zero-order chi connectivity index (χ0) is 13.3. The van der Waals surface area contributed by atoms with E-state index in [-0.39, 0.29) is 11.5 Å². The maximum absolute atomic E-state index is 13.8. The van der Waals surface area contributed by atoms with Crippen LogP contribution in [0.2, 0.25) is 0 Å². The molecule has 0 heterocycles. The summed E-state index contributed by atoms with van der Waals surface area (Å²) in [5.74, 6) is -1.14. The standard InChI is InChI=1S/C15H20F2O/c1-10-6-8-11(9-7-10)15(2,18)12-4-3-5-13(16)14(12)17/h3-5,10-11,18H,6-9H2,1-2H3. The van der Waals surface area contributed by atoms with Crippen molar-refractivity contribution in [2.24, 2.45) is 11.8 Å². The third kappa shape index (κ3) is 2.41. The third-order valence-electron chi connectivity index (χ3n) is 4.31. The molecular formula is C15H20F2O. The van der Waals surface area contributed by atoms with Gasteiger partial charge in [0, 0.05) is 5.56 Å². The van der Waals surface area contributed by atoms with E-state index in [1.165, 1.54) is 12.1 Å². The molecule has 0 spiro atoms. The van der Waals surface area contributed by atoms with Crippen LogP contribution in [0.1, 0.15) is 45.1 Å². The zero-order valence-corrected chi connectivity index (χ0v) is 10.9. The average Bonchev–Trinajstić information content (AvgIpc) is 2.33. The summed E-state index contributed by atoms with van der Waals surface area (Å²) in [6, 6.07) is 4.02. The number of benzene rings is 1. The van der Waals surface area contributed by atoms with Gasteiger partial charge in [-0.15, -0.1) is 0 Å². The second kappa shape index (κ2) is 4.96. The van der Waals surface area contributed by atoms with Crippen molar-refractivity contribution in [3.63, 3.8) is 0 Å². The Hall–Kier alpha value is -0.960. The van der Waals surface area contributed by atoms with Crippen molar-refractivity contribution in [1.82, 2.24) is 0 Å². The minimum Gasteiger partial charge on any atom is -0.385 e. The third-order valence-corrected chi connectivity index (χ3v) is 4.31. The summed E-state index contributed by atoms with van der Waals surface area (Å²) in [6.07, 6.45) is 3.81. The summed E-state index contributed by atoms with van der Waals surface area (Å²) < 4.78 is 27.0. The Morgan fingerprint density at radius 1 is 1.17 bits per heavy atom. The lowest BCUT2D eigenvalue weighted by atomic mass is 9.72. The van der Waals surface area contributed by atoms with Crippen LogP contribution in [0.15, 0.2) is 18.2 Å². The Morgan fingerprint density at radius 2 is 1.78 bits per heavy atom. The van der Waals surface area contributed by atoms with Crippen LogP contribution in [0, 0.1) is 23.5 Å². The lowest BCUT2D eigenvalue weighted by molar-refractivity contribution is -0.0296. The molecule has 0 aliphatic heterocycles. The van der Waals surface area contributed by atoms with Crippen LogP contribution < -0.4 is 0 Å². The molecule has 1 unspecified atom stereocenters. The number of rotatable bonds is 2. The van der Waals surface area contributed by atoms with Gasteiger partial charge in [0.05, 0.1) is 5.60 Å². The molecule has 0 saturated heterocycles. The van der Waals surface area contributed by atoms with Crippen molar-refractivity contribution in [2.45, 2.75) is 45.1 Å². The van der Waals surface area contributed by atoms with E-state index >= 15 is 0 Å². The Morgan fingerprint density at radius 3 is 2.39 bits per heavy atom. The smallest absolute Gasteiger partial charge is 0.164 e. The molecule has 0 amide bonds. The molecule has 1 aliphatic carbocycles. The van der Waals surface area contributed by atoms with E-state index in [0.29, 0.717) is 5.92 Å². The van der Waals surface area contributed by atoms with Crippen molar-refractivity contribution in [3.8, 4) is 0 Å². The average molecular weight is 254 g/mol. The largest absolute Gasteiger partial charge is 0.385 e. The van der Waals surface area contributed by atoms with E-state index in [2.05, 4.69) is 6.92 Å². The highest BCUT2D eigenvalue weighted by Gasteiger charge is 2.38. The van der Waals surface area contributed by atoms with Gasteiger partial charge in [0.15, 0.2) is 11.6 Å². The van der Waals surface area contributed by atoms with Gasteiger partial charge >= 0.3 is 0 Å². The molecule has 0 bridgehead atoms. The Kier molecular flexibility index (Phi) is 3.71. The number of aliphatic hydroxyl groups is 1. The first kappa shape index (κ1) is 13.5. The minimum atomic E-state index is -1.29. The first-order valence-corrected chi connectivity index (χ1v) is 6.59. The molecule has 1 N–H and O–H groups in total. The summed E-state index contributed by atoms with van der Waals surface area (Å²) in [6.45, 7) is 3.79. The van der Waals surface area contributed by atoms with Gasteiger partial charge in [-0.2, -0.15) is 0 Å². The van der Waals surface area contributed by atoms with E-state index in [4.69, 9.17) is 0 Å². The van der Waals surface area contributed by atoms with Gasteiger partial charge in [-0.05, 0) is 37.7 Å². The fourth-order valence-electron chi connectivity index (χ4n) is 2.94. The highest BCUT2D eigenvalue weighted by atomic mass is 19.2. The van der Waals surface area contributed by atoms with E-state index in [1.807, 2.05) is 0 Å². The Bertz CT molecular complexity index is 421. The molecular weight excluding hydrogens is 234 g/mol. The Labute approximate surface area is 107 Å². The van der Waals surface area contributed by atoms with Crippen LogP contribution in [-0.4, -0.2) is 5.11 Å². The van der Waals surface area contributed by atoms with E-state index in [1.54, 1.807) is 6.92 Å². The lowest BCUT2D eigenvalue weighted by Crippen LogP contribution is -2.35. The van der Waals surface area contributed by atoms with E-state index in [9.17, 15) is 13.9 Å². The molecule has 0 aromatic heterocycles. The highest BCUT2D eigenvalue weighted by molar-refractivity contribution is 5.25. The fourth-order valence-corrected chi connectivity index (χ4v) is 2.94. The van der Waals surface area contributed by atoms with Crippen molar-refractivity contribution in [3.05, 3.63) is 35.4 Å². The Balaban J connectivity index is 2.27. The molecule has 1 aromatic rings. The fraction of sp³-hybridized carbons (Fsp3) is 0.600. The van der Waals surface area contributed by atoms with Gasteiger partial charge in [-0.1, -0.05) is 31.9 Å². The van der Waals surface area contributed by atoms with Gasteiger partial charge in [0.1, 0.15) is 0 Å². The number of hydrogen-bond acceptors (Lipinski definition) is 1. The van der Waals surface area contributed by atoms with E-state index in [0.717, 1.165) is 31.7 Å². The van der Waals surface area contributed by atoms with Crippen molar-refractivity contribution in [1.29, 1.82) is 0 Å². The van der Waals surface area contributed by atoms with Crippen molar-refractivity contribution >= 4 is 0 Å². The highest BCUT2D eigenvalue weighted by Crippen LogP contribution is 2.41. The first-order valence-electron chi connectivity index (χ1n) is 6.59. The molecule has 2 rings (SSSR count). The van der Waals surface area contributed by atoms with Crippen molar-refractivity contribution in [2.75, 3.05) is 0 Å². The maximum atomic E-state index is 13.8. The molecule has 1 nitrogen and oxygen atoms in total. The monoisotopic (exact) mass is 254 g/mol.